The van der Waals surface area contributed by atoms with E-state index in [9.17, 15) is 4.79 Å². The van der Waals surface area contributed by atoms with E-state index >= 15 is 0 Å². The number of hydrogen-bond acceptors (Lipinski definition) is 5. The monoisotopic (exact) mass is 317 g/mol. The van der Waals surface area contributed by atoms with Gasteiger partial charge in [0.1, 0.15) is 0 Å². The first-order chi connectivity index (χ1) is 10.8. The summed E-state index contributed by atoms with van der Waals surface area (Å²) in [6.45, 7) is 3.58. The third-order valence-corrected chi connectivity index (χ3v) is 4.35. The maximum atomic E-state index is 12.8. The van der Waals surface area contributed by atoms with Crippen LogP contribution in [0.15, 0.2) is 35.2 Å². The van der Waals surface area contributed by atoms with Crippen LogP contribution >= 0.6 is 11.3 Å². The lowest BCUT2D eigenvalue weighted by Crippen LogP contribution is -2.38. The van der Waals surface area contributed by atoms with Crippen molar-refractivity contribution in [2.75, 3.05) is 38.3 Å². The van der Waals surface area contributed by atoms with Gasteiger partial charge in [-0.3, -0.25) is 4.79 Å². The van der Waals surface area contributed by atoms with Crippen LogP contribution < -0.4 is 4.90 Å². The van der Waals surface area contributed by atoms with E-state index < -0.39 is 0 Å². The molecule has 1 aliphatic rings. The molecule has 1 aromatic carbocycles. The number of benzene rings is 1. The van der Waals surface area contributed by atoms with Crippen LogP contribution in [0.25, 0.3) is 0 Å². The van der Waals surface area contributed by atoms with Crippen molar-refractivity contribution < 1.29 is 9.53 Å². The smallest absolute Gasteiger partial charge is 0.256 e. The minimum Gasteiger partial charge on any atom is -0.378 e. The number of rotatable bonds is 4. The van der Waals surface area contributed by atoms with Gasteiger partial charge in [0.25, 0.3) is 5.91 Å². The van der Waals surface area contributed by atoms with Crippen molar-refractivity contribution in [2.24, 2.45) is 0 Å². The van der Waals surface area contributed by atoms with Gasteiger partial charge in [0.05, 0.1) is 36.5 Å². The van der Waals surface area contributed by atoms with Gasteiger partial charge >= 0.3 is 0 Å². The molecular formula is C16H19N3O2S. The number of para-hydroxylation sites is 1. The molecule has 2 aromatic rings. The molecular weight excluding hydrogens is 298 g/mol. The first kappa shape index (κ1) is 15.0. The molecule has 0 aliphatic carbocycles. The average molecular weight is 317 g/mol. The quantitative estimate of drug-likeness (QED) is 0.868. The zero-order chi connectivity index (χ0) is 15.4. The Labute approximate surface area is 134 Å². The summed E-state index contributed by atoms with van der Waals surface area (Å²) in [6.07, 6.45) is 0. The van der Waals surface area contributed by atoms with E-state index in [1.54, 1.807) is 21.7 Å². The van der Waals surface area contributed by atoms with Crippen molar-refractivity contribution in [2.45, 2.75) is 6.54 Å². The Morgan fingerprint density at radius 1 is 1.36 bits per heavy atom. The highest BCUT2D eigenvalue weighted by Crippen LogP contribution is 2.23. The number of carbonyl (C=O) groups is 1. The van der Waals surface area contributed by atoms with Gasteiger partial charge in [0.2, 0.25) is 0 Å². The maximum absolute atomic E-state index is 12.8. The number of nitrogens with zero attached hydrogens (tertiary/aromatic N) is 3. The van der Waals surface area contributed by atoms with Crippen LogP contribution in [0.2, 0.25) is 0 Å². The Hall–Kier alpha value is -1.92. The van der Waals surface area contributed by atoms with Crippen molar-refractivity contribution in [3.05, 3.63) is 46.4 Å². The van der Waals surface area contributed by atoms with Crippen LogP contribution in [-0.2, 0) is 11.3 Å². The third kappa shape index (κ3) is 3.28. The fraction of sp³-hybridized carbons (Fsp3) is 0.375. The number of ether oxygens (including phenoxy) is 1. The summed E-state index contributed by atoms with van der Waals surface area (Å²) in [4.78, 5) is 21.0. The number of hydrogen-bond donors (Lipinski definition) is 0. The van der Waals surface area contributed by atoms with Gasteiger partial charge in [-0.1, -0.05) is 12.1 Å². The standard InChI is InChI=1S/C16H19N3O2S/c1-18(10-13-11-22-12-17-13)16(20)14-4-2-3-5-15(14)19-6-8-21-9-7-19/h2-5,11-12H,6-10H2,1H3. The lowest BCUT2D eigenvalue weighted by atomic mass is 10.1. The molecule has 1 aliphatic heterocycles. The molecule has 0 N–H and O–H groups in total. The van der Waals surface area contributed by atoms with Crippen LogP contribution in [0, 0.1) is 0 Å². The molecule has 2 heterocycles. The summed E-state index contributed by atoms with van der Waals surface area (Å²) in [5.74, 6) is 0.0232. The van der Waals surface area contributed by atoms with Gasteiger partial charge in [-0.15, -0.1) is 11.3 Å². The Morgan fingerprint density at radius 3 is 2.86 bits per heavy atom. The lowest BCUT2D eigenvalue weighted by Gasteiger charge is -2.31. The molecule has 3 rings (SSSR count). The van der Waals surface area contributed by atoms with Crippen molar-refractivity contribution in [3.63, 3.8) is 0 Å². The second kappa shape index (κ2) is 6.89. The summed E-state index contributed by atoms with van der Waals surface area (Å²) in [7, 11) is 1.82. The van der Waals surface area contributed by atoms with Crippen molar-refractivity contribution in [1.29, 1.82) is 0 Å². The summed E-state index contributed by atoms with van der Waals surface area (Å²) in [5, 5.41) is 1.97. The highest BCUT2D eigenvalue weighted by atomic mass is 32.1. The van der Waals surface area contributed by atoms with Crippen molar-refractivity contribution in [3.8, 4) is 0 Å². The molecule has 116 valence electrons. The molecule has 0 radical (unpaired) electrons. The Morgan fingerprint density at radius 2 is 2.14 bits per heavy atom. The van der Waals surface area contributed by atoms with E-state index in [-0.39, 0.29) is 5.91 Å². The minimum absolute atomic E-state index is 0.0232. The highest BCUT2D eigenvalue weighted by Gasteiger charge is 2.21. The summed E-state index contributed by atoms with van der Waals surface area (Å²) < 4.78 is 5.40. The van der Waals surface area contributed by atoms with Crippen molar-refractivity contribution in [1.82, 2.24) is 9.88 Å². The molecule has 0 bridgehead atoms. The van der Waals surface area contributed by atoms with Gasteiger partial charge in [0, 0.05) is 31.2 Å². The molecule has 1 amide bonds. The van der Waals surface area contributed by atoms with E-state index in [0.717, 1.165) is 30.0 Å². The fourth-order valence-electron chi connectivity index (χ4n) is 2.57. The minimum atomic E-state index is 0.0232. The number of thiazole rings is 1. The predicted octanol–water partition coefficient (Wildman–Crippen LogP) is 2.25. The van der Waals surface area contributed by atoms with Crippen LogP contribution in [-0.4, -0.2) is 49.1 Å². The Kier molecular flexibility index (Phi) is 4.70. The normalized spacial score (nSPS) is 14.9. The molecule has 0 unspecified atom stereocenters. The van der Waals surface area contributed by atoms with Crippen LogP contribution in [0.5, 0.6) is 0 Å². The number of carbonyl (C=O) groups excluding carboxylic acids is 1. The van der Waals surface area contributed by atoms with Crippen LogP contribution in [0.1, 0.15) is 16.1 Å². The van der Waals surface area contributed by atoms with Gasteiger partial charge in [-0.2, -0.15) is 0 Å². The summed E-state index contributed by atoms with van der Waals surface area (Å²) in [5.41, 5.74) is 4.43. The molecule has 5 nitrogen and oxygen atoms in total. The molecule has 6 heteroatoms. The molecule has 22 heavy (non-hydrogen) atoms. The molecule has 0 saturated carbocycles. The van der Waals surface area contributed by atoms with E-state index in [2.05, 4.69) is 9.88 Å². The maximum Gasteiger partial charge on any atom is 0.256 e. The molecule has 0 spiro atoms. The number of amides is 1. The second-order valence-corrected chi connectivity index (χ2v) is 5.98. The number of aromatic nitrogens is 1. The van der Waals surface area contributed by atoms with Gasteiger partial charge in [-0.05, 0) is 12.1 Å². The number of morpholine rings is 1. The number of anilines is 1. The second-order valence-electron chi connectivity index (χ2n) is 5.26. The predicted molar refractivity (Wildman–Crippen MR) is 87.4 cm³/mol. The van der Waals surface area contributed by atoms with E-state index in [4.69, 9.17) is 4.74 Å². The fourth-order valence-corrected chi connectivity index (χ4v) is 3.12. The SMILES string of the molecule is CN(Cc1cscn1)C(=O)c1ccccc1N1CCOCC1. The average Bonchev–Trinajstić information content (AvgIpc) is 3.08. The first-order valence-corrected chi connectivity index (χ1v) is 8.24. The van der Waals surface area contributed by atoms with Crippen LogP contribution in [0.4, 0.5) is 5.69 Å². The lowest BCUT2D eigenvalue weighted by molar-refractivity contribution is 0.0783. The van der Waals surface area contributed by atoms with E-state index in [0.29, 0.717) is 19.8 Å². The molecule has 0 atom stereocenters. The van der Waals surface area contributed by atoms with Gasteiger partial charge in [-0.25, -0.2) is 4.98 Å². The van der Waals surface area contributed by atoms with Crippen LogP contribution in [0.3, 0.4) is 0 Å². The Balaban J connectivity index is 1.79. The zero-order valence-corrected chi connectivity index (χ0v) is 13.4. The molecule has 1 aromatic heterocycles. The van der Waals surface area contributed by atoms with Gasteiger partial charge < -0.3 is 14.5 Å². The van der Waals surface area contributed by atoms with E-state index in [1.807, 2.05) is 36.7 Å². The highest BCUT2D eigenvalue weighted by molar-refractivity contribution is 7.07. The third-order valence-electron chi connectivity index (χ3n) is 3.72. The molecule has 1 saturated heterocycles. The Bertz CT molecular complexity index is 624. The van der Waals surface area contributed by atoms with E-state index in [1.165, 1.54) is 0 Å². The van der Waals surface area contributed by atoms with Crippen molar-refractivity contribution >= 4 is 22.9 Å². The zero-order valence-electron chi connectivity index (χ0n) is 12.6. The van der Waals surface area contributed by atoms with Gasteiger partial charge in [0.15, 0.2) is 0 Å². The first-order valence-electron chi connectivity index (χ1n) is 7.30. The topological polar surface area (TPSA) is 45.7 Å². The summed E-state index contributed by atoms with van der Waals surface area (Å²) in [6, 6.07) is 7.79. The molecule has 1 fully saturated rings. The largest absolute Gasteiger partial charge is 0.378 e. The summed E-state index contributed by atoms with van der Waals surface area (Å²) >= 11 is 1.54.